The van der Waals surface area contributed by atoms with Gasteiger partial charge in [-0.3, -0.25) is 14.9 Å². The first-order chi connectivity index (χ1) is 16.2. The van der Waals surface area contributed by atoms with Gasteiger partial charge in [-0.15, -0.1) is 11.3 Å². The van der Waals surface area contributed by atoms with Crippen LogP contribution in [0.5, 0.6) is 0 Å². The van der Waals surface area contributed by atoms with E-state index < -0.39 is 21.0 Å². The highest BCUT2D eigenvalue weighted by Crippen LogP contribution is 2.23. The van der Waals surface area contributed by atoms with Gasteiger partial charge in [0.15, 0.2) is 0 Å². The minimum Gasteiger partial charge on any atom is -0.332 e. The number of benzene rings is 2. The highest BCUT2D eigenvalue weighted by molar-refractivity contribution is 7.89. The number of nitro groups is 1. The molecular weight excluding hydrogens is 474 g/mol. The third-order valence-corrected chi connectivity index (χ3v) is 8.36. The number of carbonyl (C=O) groups excluding carboxylic acids is 1. The first-order valence-corrected chi connectivity index (χ1v) is 13.1. The van der Waals surface area contributed by atoms with E-state index in [2.05, 4.69) is 0 Å². The first kappa shape index (κ1) is 25.5. The van der Waals surface area contributed by atoms with Gasteiger partial charge in [-0.05, 0) is 42.5 Å². The van der Waals surface area contributed by atoms with Crippen LogP contribution in [0.4, 0.5) is 5.69 Å². The fourth-order valence-corrected chi connectivity index (χ4v) is 5.79. The van der Waals surface area contributed by atoms with E-state index in [0.717, 1.165) is 22.6 Å². The predicted molar refractivity (Wildman–Crippen MR) is 132 cm³/mol. The number of amides is 1. The van der Waals surface area contributed by atoms with Crippen molar-refractivity contribution in [3.05, 3.63) is 92.7 Å². The molecule has 0 bridgehead atoms. The molecule has 1 heterocycles. The van der Waals surface area contributed by atoms with Gasteiger partial charge in [0.1, 0.15) is 0 Å². The minimum absolute atomic E-state index is 0.0842. The molecule has 0 saturated carbocycles. The Hall–Kier alpha value is -3.08. The van der Waals surface area contributed by atoms with E-state index in [4.69, 9.17) is 0 Å². The van der Waals surface area contributed by atoms with Crippen molar-refractivity contribution in [2.24, 2.45) is 0 Å². The minimum atomic E-state index is -4.05. The highest BCUT2D eigenvalue weighted by Gasteiger charge is 2.32. The van der Waals surface area contributed by atoms with Crippen molar-refractivity contribution in [2.75, 3.05) is 6.54 Å². The Morgan fingerprint density at radius 3 is 2.26 bits per heavy atom. The van der Waals surface area contributed by atoms with Crippen LogP contribution in [0.2, 0.25) is 0 Å². The molecule has 0 radical (unpaired) electrons. The molecule has 2 aromatic carbocycles. The number of carbonyl (C=O) groups is 1. The first-order valence-electron chi connectivity index (χ1n) is 10.8. The van der Waals surface area contributed by atoms with Gasteiger partial charge in [0.25, 0.3) is 5.69 Å². The summed E-state index contributed by atoms with van der Waals surface area (Å²) in [6, 6.07) is 17.7. The van der Waals surface area contributed by atoms with E-state index in [0.29, 0.717) is 19.5 Å². The van der Waals surface area contributed by atoms with E-state index >= 15 is 0 Å². The number of thiophene rings is 1. The molecule has 1 unspecified atom stereocenters. The lowest BCUT2D eigenvalue weighted by atomic mass is 10.2. The van der Waals surface area contributed by atoms with E-state index in [1.54, 1.807) is 11.8 Å². The molecule has 34 heavy (non-hydrogen) atoms. The Balaban J connectivity index is 1.88. The zero-order chi connectivity index (χ0) is 24.7. The van der Waals surface area contributed by atoms with Crippen LogP contribution in [0.1, 0.15) is 30.7 Å². The van der Waals surface area contributed by atoms with E-state index in [9.17, 15) is 23.3 Å². The zero-order valence-corrected chi connectivity index (χ0v) is 20.7. The molecule has 0 fully saturated rings. The molecule has 0 N–H and O–H groups in total. The Morgan fingerprint density at radius 1 is 1.03 bits per heavy atom. The third-order valence-electron chi connectivity index (χ3n) is 5.52. The van der Waals surface area contributed by atoms with Gasteiger partial charge >= 0.3 is 0 Å². The van der Waals surface area contributed by atoms with Gasteiger partial charge < -0.3 is 4.90 Å². The Kier molecular flexibility index (Phi) is 8.54. The largest absolute Gasteiger partial charge is 0.332 e. The zero-order valence-electron chi connectivity index (χ0n) is 19.0. The topological polar surface area (TPSA) is 101 Å². The second-order valence-corrected chi connectivity index (χ2v) is 10.8. The number of hydrogen-bond donors (Lipinski definition) is 0. The molecule has 3 rings (SSSR count). The maximum Gasteiger partial charge on any atom is 0.269 e. The van der Waals surface area contributed by atoms with Gasteiger partial charge in [-0.25, -0.2) is 8.42 Å². The lowest BCUT2D eigenvalue weighted by Gasteiger charge is -2.30. The quantitative estimate of drug-likeness (QED) is 0.281. The van der Waals surface area contributed by atoms with Gasteiger partial charge in [0.2, 0.25) is 15.9 Å². The Labute approximate surface area is 203 Å². The van der Waals surface area contributed by atoms with Crippen LogP contribution in [0.15, 0.2) is 77.0 Å². The average molecular weight is 502 g/mol. The summed E-state index contributed by atoms with van der Waals surface area (Å²) < 4.78 is 28.1. The third kappa shape index (κ3) is 6.28. The van der Waals surface area contributed by atoms with Crippen LogP contribution in [-0.2, 0) is 27.9 Å². The van der Waals surface area contributed by atoms with Crippen molar-refractivity contribution in [3.63, 3.8) is 0 Å². The lowest BCUT2D eigenvalue weighted by molar-refractivity contribution is -0.384. The number of nitro benzene ring substituents is 1. The summed E-state index contributed by atoms with van der Waals surface area (Å²) in [6.07, 6.45) is 0.503. The van der Waals surface area contributed by atoms with E-state index in [1.165, 1.54) is 27.8 Å². The second kappa shape index (κ2) is 11.4. The number of hydrogen-bond acceptors (Lipinski definition) is 6. The van der Waals surface area contributed by atoms with Crippen molar-refractivity contribution in [1.82, 2.24) is 9.21 Å². The molecule has 0 aliphatic rings. The molecular formula is C24H27N3O5S2. The van der Waals surface area contributed by atoms with Crippen molar-refractivity contribution >= 4 is 33.0 Å². The summed E-state index contributed by atoms with van der Waals surface area (Å²) in [4.78, 5) is 26.4. The Bertz CT molecular complexity index is 1200. The number of nitrogens with zero attached hydrogens (tertiary/aromatic N) is 3. The van der Waals surface area contributed by atoms with Crippen molar-refractivity contribution in [3.8, 4) is 0 Å². The summed E-state index contributed by atoms with van der Waals surface area (Å²) in [5, 5.41) is 12.9. The summed E-state index contributed by atoms with van der Waals surface area (Å²) in [6.45, 7) is 3.99. The molecule has 0 saturated heterocycles. The molecule has 180 valence electrons. The second-order valence-electron chi connectivity index (χ2n) is 7.87. The monoisotopic (exact) mass is 501 g/mol. The SMILES string of the molecule is CCC(C)N(CC(=O)N(Cc1ccccc1)Cc1cccs1)S(=O)(=O)c1ccc([N+](=O)[O-])cc1. The molecule has 3 aromatic rings. The van der Waals surface area contributed by atoms with E-state index in [-0.39, 0.29) is 23.0 Å². The molecule has 8 nitrogen and oxygen atoms in total. The summed E-state index contributed by atoms with van der Waals surface area (Å²) >= 11 is 1.53. The lowest BCUT2D eigenvalue weighted by Crippen LogP contribution is -2.46. The van der Waals surface area contributed by atoms with Crippen LogP contribution in [-0.4, -0.2) is 41.0 Å². The molecule has 1 aromatic heterocycles. The van der Waals surface area contributed by atoms with Crippen molar-refractivity contribution in [1.29, 1.82) is 0 Å². The fraction of sp³-hybridized carbons (Fsp3) is 0.292. The molecule has 10 heteroatoms. The highest BCUT2D eigenvalue weighted by atomic mass is 32.2. The fourth-order valence-electron chi connectivity index (χ4n) is 3.42. The smallest absolute Gasteiger partial charge is 0.269 e. The van der Waals surface area contributed by atoms with Crippen LogP contribution >= 0.6 is 11.3 Å². The maximum absolute atomic E-state index is 13.5. The molecule has 0 aliphatic heterocycles. The van der Waals surface area contributed by atoms with Gasteiger partial charge in [-0.1, -0.05) is 43.3 Å². The number of non-ortho nitro benzene ring substituents is 1. The molecule has 1 amide bonds. The van der Waals surface area contributed by atoms with Gasteiger partial charge in [0, 0.05) is 29.6 Å². The van der Waals surface area contributed by atoms with E-state index in [1.807, 2.05) is 54.8 Å². The summed E-state index contributed by atoms with van der Waals surface area (Å²) in [5.74, 6) is -0.317. The van der Waals surface area contributed by atoms with Crippen LogP contribution in [0, 0.1) is 10.1 Å². The molecule has 0 spiro atoms. The van der Waals surface area contributed by atoms with Crippen molar-refractivity contribution < 1.29 is 18.1 Å². The predicted octanol–water partition coefficient (Wildman–Crippen LogP) is 4.67. The van der Waals surface area contributed by atoms with Gasteiger partial charge in [0.05, 0.1) is 22.9 Å². The average Bonchev–Trinajstić information content (AvgIpc) is 3.35. The molecule has 1 atom stereocenters. The van der Waals surface area contributed by atoms with Crippen LogP contribution in [0.25, 0.3) is 0 Å². The number of sulfonamides is 1. The standard InChI is InChI=1S/C24H27N3O5S2/c1-3-19(2)26(34(31,32)23-13-11-21(12-14-23)27(29)30)18-24(28)25(17-22-10-7-15-33-22)16-20-8-5-4-6-9-20/h4-15,19H,3,16-18H2,1-2H3. The maximum atomic E-state index is 13.5. The van der Waals surface area contributed by atoms with Crippen LogP contribution in [0.3, 0.4) is 0 Å². The van der Waals surface area contributed by atoms with Crippen molar-refractivity contribution in [2.45, 2.75) is 44.3 Å². The molecule has 0 aliphatic carbocycles. The number of rotatable bonds is 11. The summed E-state index contributed by atoms with van der Waals surface area (Å²) in [7, 11) is -4.05. The normalized spacial score (nSPS) is 12.4. The summed E-state index contributed by atoms with van der Waals surface area (Å²) in [5.41, 5.74) is 0.746. The van der Waals surface area contributed by atoms with Gasteiger partial charge in [-0.2, -0.15) is 4.31 Å². The Morgan fingerprint density at radius 2 is 1.71 bits per heavy atom. The van der Waals surface area contributed by atoms with Crippen LogP contribution < -0.4 is 0 Å².